The first kappa shape index (κ1) is 37.0. The first-order valence-electron chi connectivity index (χ1n) is 16.9. The number of fused-ring (bicyclic) bond motifs is 1. The molecule has 4 rings (SSSR count). The summed E-state index contributed by atoms with van der Waals surface area (Å²) in [6.45, 7) is 7.05. The molecular formula is C36H49N5O8. The zero-order valence-corrected chi connectivity index (χ0v) is 29.1. The van der Waals surface area contributed by atoms with Gasteiger partial charge in [0, 0.05) is 39.5 Å². The standard InChI is InChI=1S/C36H49N5O8/c1-23(2)21-28-34(44)39-29(22-25-12-14-26(47-5)15-13-25)36(46)40(4)24(3)33(43)37-16-8-18-41(17-7-11-31(42)38-28)35(45)27-9-6-10-30-32(27)49-20-19-48-30/h6,9-10,12-15,23-24,28-29H,7-8,11,16-22H2,1-5H3,(H,37,43)(H,38,42)(H,39,44)/t24-,28+,29-/m0/s1. The van der Waals surface area contributed by atoms with Gasteiger partial charge in [-0.15, -0.1) is 0 Å². The molecule has 0 bridgehead atoms. The molecule has 0 saturated carbocycles. The van der Waals surface area contributed by atoms with Crippen LogP contribution in [0.4, 0.5) is 0 Å². The minimum absolute atomic E-state index is 0.0622. The average molecular weight is 680 g/mol. The summed E-state index contributed by atoms with van der Waals surface area (Å²) < 4.78 is 16.7. The molecule has 3 atom stereocenters. The molecule has 0 unspecified atom stereocenters. The van der Waals surface area contributed by atoms with E-state index < -0.39 is 29.9 Å². The predicted octanol–water partition coefficient (Wildman–Crippen LogP) is 2.31. The van der Waals surface area contributed by atoms with Crippen molar-refractivity contribution in [3.63, 3.8) is 0 Å². The Labute approximate surface area is 288 Å². The molecule has 2 aliphatic rings. The summed E-state index contributed by atoms with van der Waals surface area (Å²) >= 11 is 0. The molecule has 0 aromatic heterocycles. The van der Waals surface area contributed by atoms with Gasteiger partial charge in [0.05, 0.1) is 12.7 Å². The van der Waals surface area contributed by atoms with Crippen LogP contribution in [-0.2, 0) is 25.6 Å². The van der Waals surface area contributed by atoms with E-state index in [1.165, 1.54) is 11.9 Å². The van der Waals surface area contributed by atoms with Crippen LogP contribution < -0.4 is 30.2 Å². The number of carbonyl (C=O) groups excluding carboxylic acids is 5. The number of carbonyl (C=O) groups is 5. The number of rotatable bonds is 6. The quantitative estimate of drug-likeness (QED) is 0.420. The summed E-state index contributed by atoms with van der Waals surface area (Å²) in [4.78, 5) is 70.8. The summed E-state index contributed by atoms with van der Waals surface area (Å²) in [6, 6.07) is 9.60. The highest BCUT2D eigenvalue weighted by Crippen LogP contribution is 2.34. The van der Waals surface area contributed by atoms with E-state index >= 15 is 0 Å². The summed E-state index contributed by atoms with van der Waals surface area (Å²) in [5.41, 5.74) is 1.14. The molecule has 3 N–H and O–H groups in total. The van der Waals surface area contributed by atoms with Crippen LogP contribution in [0, 0.1) is 5.92 Å². The zero-order chi connectivity index (χ0) is 35.5. The SMILES string of the molecule is COc1ccc(C[C@@H]2NC(=O)[C@@H](CC(C)C)NC(=O)CCCN(C(=O)c3cccc4c3OCCO4)CCCNC(=O)[C@H](C)N(C)C2=O)cc1. The van der Waals surface area contributed by atoms with Crippen molar-refractivity contribution >= 4 is 29.5 Å². The molecule has 2 aliphatic heterocycles. The van der Waals surface area contributed by atoms with Crippen LogP contribution in [0.5, 0.6) is 17.2 Å². The zero-order valence-electron chi connectivity index (χ0n) is 29.1. The molecule has 0 aliphatic carbocycles. The van der Waals surface area contributed by atoms with Crippen molar-refractivity contribution in [1.29, 1.82) is 0 Å². The Balaban J connectivity index is 1.57. The maximum atomic E-state index is 13.9. The van der Waals surface area contributed by atoms with E-state index in [0.717, 1.165) is 5.56 Å². The summed E-state index contributed by atoms with van der Waals surface area (Å²) in [6.07, 6.45) is 1.37. The van der Waals surface area contributed by atoms with Crippen molar-refractivity contribution in [3.05, 3.63) is 53.6 Å². The van der Waals surface area contributed by atoms with Crippen molar-refractivity contribution < 1.29 is 38.2 Å². The van der Waals surface area contributed by atoms with Crippen molar-refractivity contribution in [2.75, 3.05) is 47.0 Å². The highest BCUT2D eigenvalue weighted by molar-refractivity contribution is 5.98. The minimum Gasteiger partial charge on any atom is -0.497 e. The van der Waals surface area contributed by atoms with Gasteiger partial charge in [-0.3, -0.25) is 24.0 Å². The summed E-state index contributed by atoms with van der Waals surface area (Å²) in [5, 5.41) is 8.61. The van der Waals surface area contributed by atoms with Crippen molar-refractivity contribution in [2.24, 2.45) is 5.92 Å². The second-order valence-corrected chi connectivity index (χ2v) is 12.9. The highest BCUT2D eigenvalue weighted by atomic mass is 16.6. The minimum atomic E-state index is -0.996. The smallest absolute Gasteiger partial charge is 0.257 e. The topological polar surface area (TPSA) is 156 Å². The van der Waals surface area contributed by atoms with Gasteiger partial charge in [-0.25, -0.2) is 0 Å². The molecule has 2 aromatic rings. The maximum Gasteiger partial charge on any atom is 0.257 e. The number of nitrogens with one attached hydrogen (secondary N) is 3. The molecule has 1 saturated heterocycles. The normalized spacial score (nSPS) is 21.6. The number of amides is 5. The largest absolute Gasteiger partial charge is 0.497 e. The number of hydrogen-bond donors (Lipinski definition) is 3. The summed E-state index contributed by atoms with van der Waals surface area (Å²) in [5.74, 6) is -0.311. The third kappa shape index (κ3) is 10.1. The molecule has 5 amide bonds. The van der Waals surface area contributed by atoms with Gasteiger partial charge in [-0.2, -0.15) is 0 Å². The number of hydrogen-bond acceptors (Lipinski definition) is 8. The fourth-order valence-electron chi connectivity index (χ4n) is 5.84. The number of benzene rings is 2. The Kier molecular flexibility index (Phi) is 13.3. The van der Waals surface area contributed by atoms with Gasteiger partial charge in [0.15, 0.2) is 11.5 Å². The van der Waals surface area contributed by atoms with Crippen LogP contribution in [0.25, 0.3) is 0 Å². The fourth-order valence-corrected chi connectivity index (χ4v) is 5.84. The number of ether oxygens (including phenoxy) is 3. The fraction of sp³-hybridized carbons (Fsp3) is 0.528. The van der Waals surface area contributed by atoms with Crippen molar-refractivity contribution in [1.82, 2.24) is 25.8 Å². The maximum absolute atomic E-state index is 13.9. The first-order chi connectivity index (χ1) is 23.5. The van der Waals surface area contributed by atoms with Gasteiger partial charge >= 0.3 is 0 Å². The van der Waals surface area contributed by atoms with Crippen LogP contribution in [0.1, 0.15) is 62.4 Å². The van der Waals surface area contributed by atoms with E-state index in [-0.39, 0.29) is 49.6 Å². The van der Waals surface area contributed by atoms with E-state index in [0.29, 0.717) is 61.8 Å². The Bertz CT molecular complexity index is 1480. The number of nitrogens with zero attached hydrogens (tertiary/aromatic N) is 2. The van der Waals surface area contributed by atoms with Gasteiger partial charge < -0.3 is 40.0 Å². The summed E-state index contributed by atoms with van der Waals surface area (Å²) in [7, 11) is 3.09. The van der Waals surface area contributed by atoms with Crippen LogP contribution in [0.2, 0.25) is 0 Å². The van der Waals surface area contributed by atoms with Crippen LogP contribution in [0.15, 0.2) is 42.5 Å². The molecule has 0 radical (unpaired) electrons. The van der Waals surface area contributed by atoms with Crippen LogP contribution >= 0.6 is 0 Å². The second kappa shape index (κ2) is 17.5. The number of likely N-dealkylation sites (N-methyl/N-ethyl adjacent to an activating group) is 1. The Morgan fingerprint density at radius 1 is 0.939 bits per heavy atom. The van der Waals surface area contributed by atoms with E-state index in [1.54, 1.807) is 49.3 Å². The molecular weight excluding hydrogens is 630 g/mol. The van der Waals surface area contributed by atoms with E-state index in [2.05, 4.69) is 16.0 Å². The highest BCUT2D eigenvalue weighted by Gasteiger charge is 2.33. The molecule has 2 heterocycles. The number of methoxy groups -OCH3 is 1. The van der Waals surface area contributed by atoms with Crippen LogP contribution in [-0.4, -0.2) is 104 Å². The van der Waals surface area contributed by atoms with Gasteiger partial charge in [-0.1, -0.05) is 32.0 Å². The lowest BCUT2D eigenvalue weighted by Crippen LogP contribution is -2.57. The molecule has 13 nitrogen and oxygen atoms in total. The molecule has 49 heavy (non-hydrogen) atoms. The Hall–Kier alpha value is -4.81. The predicted molar refractivity (Wildman–Crippen MR) is 182 cm³/mol. The average Bonchev–Trinajstić information content (AvgIpc) is 3.10. The van der Waals surface area contributed by atoms with Gasteiger partial charge in [0.1, 0.15) is 37.1 Å². The van der Waals surface area contributed by atoms with E-state index in [1.807, 2.05) is 26.0 Å². The molecule has 2 aromatic carbocycles. The van der Waals surface area contributed by atoms with Crippen molar-refractivity contribution in [3.8, 4) is 17.2 Å². The lowest BCUT2D eigenvalue weighted by molar-refractivity contribution is -0.141. The van der Waals surface area contributed by atoms with Crippen molar-refractivity contribution in [2.45, 2.75) is 71.0 Å². The lowest BCUT2D eigenvalue weighted by atomic mass is 10.00. The third-order valence-electron chi connectivity index (χ3n) is 8.70. The molecule has 1 fully saturated rings. The molecule has 266 valence electrons. The van der Waals surface area contributed by atoms with E-state index in [9.17, 15) is 24.0 Å². The Morgan fingerprint density at radius 3 is 2.37 bits per heavy atom. The Morgan fingerprint density at radius 2 is 1.65 bits per heavy atom. The third-order valence-corrected chi connectivity index (χ3v) is 8.70. The second-order valence-electron chi connectivity index (χ2n) is 12.9. The lowest BCUT2D eigenvalue weighted by Gasteiger charge is -2.30. The van der Waals surface area contributed by atoms with Gasteiger partial charge in [0.2, 0.25) is 23.6 Å². The van der Waals surface area contributed by atoms with Gasteiger partial charge in [0.25, 0.3) is 5.91 Å². The number of para-hydroxylation sites is 1. The monoisotopic (exact) mass is 679 g/mol. The first-order valence-corrected chi connectivity index (χ1v) is 16.9. The van der Waals surface area contributed by atoms with Crippen LogP contribution in [0.3, 0.4) is 0 Å². The molecule has 0 spiro atoms. The molecule has 13 heteroatoms. The van der Waals surface area contributed by atoms with E-state index in [4.69, 9.17) is 14.2 Å². The van der Waals surface area contributed by atoms with Gasteiger partial charge in [-0.05, 0) is 61.9 Å².